The molecule has 7 heteroatoms. The molecule has 150 valence electrons. The molecule has 1 aliphatic rings. The summed E-state index contributed by atoms with van der Waals surface area (Å²) in [6.45, 7) is 3.66. The Labute approximate surface area is 171 Å². The number of hydrogen-bond acceptors (Lipinski definition) is 4. The van der Waals surface area contributed by atoms with Gasteiger partial charge in [0.1, 0.15) is 11.3 Å². The smallest absolute Gasteiger partial charge is 0.253 e. The largest absolute Gasteiger partial charge is 0.497 e. The van der Waals surface area contributed by atoms with Gasteiger partial charge in [-0.25, -0.2) is 0 Å². The zero-order chi connectivity index (χ0) is 19.4. The van der Waals surface area contributed by atoms with Crippen LogP contribution in [0.15, 0.2) is 54.6 Å². The van der Waals surface area contributed by atoms with Crippen molar-refractivity contribution in [2.75, 3.05) is 33.3 Å². The van der Waals surface area contributed by atoms with Crippen molar-refractivity contribution in [3.05, 3.63) is 65.7 Å². The van der Waals surface area contributed by atoms with Gasteiger partial charge in [-0.05, 0) is 36.8 Å². The fourth-order valence-corrected chi connectivity index (χ4v) is 3.27. The highest BCUT2D eigenvalue weighted by Gasteiger charge is 2.36. The zero-order valence-electron chi connectivity index (χ0n) is 16.1. The molecule has 0 aromatic heterocycles. The molecule has 2 aromatic carbocycles. The molecule has 1 unspecified atom stereocenters. The molecule has 0 aliphatic carbocycles. The molecule has 2 aromatic rings. The van der Waals surface area contributed by atoms with Gasteiger partial charge in [-0.1, -0.05) is 30.3 Å². The van der Waals surface area contributed by atoms with Crippen LogP contribution < -0.4 is 10.5 Å². The third-order valence-electron chi connectivity index (χ3n) is 5.01. The molecule has 28 heavy (non-hydrogen) atoms. The Morgan fingerprint density at radius 2 is 1.46 bits per heavy atom. The molecule has 3 rings (SSSR count). The van der Waals surface area contributed by atoms with Crippen LogP contribution in [0.2, 0.25) is 0 Å². The average molecular weight is 404 g/mol. The van der Waals surface area contributed by atoms with Crippen molar-refractivity contribution < 1.29 is 14.3 Å². The van der Waals surface area contributed by atoms with Crippen molar-refractivity contribution in [3.8, 4) is 5.75 Å². The molecule has 1 atom stereocenters. The van der Waals surface area contributed by atoms with Crippen molar-refractivity contribution in [1.29, 1.82) is 0 Å². The van der Waals surface area contributed by atoms with E-state index in [1.807, 2.05) is 30.3 Å². The normalized spacial score (nSPS) is 16.0. The van der Waals surface area contributed by atoms with Gasteiger partial charge in [0.25, 0.3) is 5.91 Å². The van der Waals surface area contributed by atoms with Crippen LogP contribution in [-0.4, -0.2) is 54.9 Å². The number of nitrogens with two attached hydrogens (primary N) is 1. The number of hydrogen-bond donors (Lipinski definition) is 1. The van der Waals surface area contributed by atoms with Crippen LogP contribution in [0, 0.1) is 0 Å². The summed E-state index contributed by atoms with van der Waals surface area (Å²) >= 11 is 0. The fourth-order valence-electron chi connectivity index (χ4n) is 3.27. The highest BCUT2D eigenvalue weighted by Crippen LogP contribution is 2.22. The van der Waals surface area contributed by atoms with Gasteiger partial charge in [-0.3, -0.25) is 9.59 Å². The second-order valence-corrected chi connectivity index (χ2v) is 6.88. The van der Waals surface area contributed by atoms with Crippen LogP contribution in [0.4, 0.5) is 0 Å². The Bertz CT molecular complexity index is 801. The minimum Gasteiger partial charge on any atom is -0.497 e. The van der Waals surface area contributed by atoms with Crippen molar-refractivity contribution >= 4 is 24.2 Å². The van der Waals surface area contributed by atoms with Gasteiger partial charge in [0.2, 0.25) is 5.91 Å². The highest BCUT2D eigenvalue weighted by atomic mass is 35.5. The first kappa shape index (κ1) is 21.7. The Hall–Kier alpha value is -2.57. The number of amides is 2. The number of rotatable bonds is 4. The van der Waals surface area contributed by atoms with Crippen LogP contribution in [0.5, 0.6) is 5.75 Å². The molecule has 1 saturated heterocycles. The first-order valence-electron chi connectivity index (χ1n) is 9.00. The molecule has 2 N–H and O–H groups in total. The molecule has 0 radical (unpaired) electrons. The second kappa shape index (κ2) is 9.08. The Balaban J connectivity index is 0.00000280. The fraction of sp³-hybridized carbons (Fsp3) is 0.333. The van der Waals surface area contributed by atoms with Crippen LogP contribution in [0.1, 0.15) is 22.8 Å². The van der Waals surface area contributed by atoms with Crippen molar-refractivity contribution in [3.63, 3.8) is 0 Å². The van der Waals surface area contributed by atoms with Crippen LogP contribution in [0.3, 0.4) is 0 Å². The topological polar surface area (TPSA) is 75.9 Å². The van der Waals surface area contributed by atoms with E-state index in [1.165, 1.54) is 0 Å². The molecule has 6 nitrogen and oxygen atoms in total. The predicted molar refractivity (Wildman–Crippen MR) is 111 cm³/mol. The monoisotopic (exact) mass is 403 g/mol. The molecular formula is C21H26ClN3O3. The van der Waals surface area contributed by atoms with E-state index >= 15 is 0 Å². The molecular weight excluding hydrogens is 378 g/mol. The van der Waals surface area contributed by atoms with Gasteiger partial charge in [0, 0.05) is 31.7 Å². The van der Waals surface area contributed by atoms with E-state index in [-0.39, 0.29) is 24.2 Å². The summed E-state index contributed by atoms with van der Waals surface area (Å²) in [5.74, 6) is 0.554. The SMILES string of the molecule is COc1ccc(C(=O)N2CCN(C(=O)C(C)(N)c3ccccc3)CC2)cc1.Cl. The second-order valence-electron chi connectivity index (χ2n) is 6.88. The zero-order valence-corrected chi connectivity index (χ0v) is 16.9. The van der Waals surface area contributed by atoms with Crippen LogP contribution in [-0.2, 0) is 10.3 Å². The quantitative estimate of drug-likeness (QED) is 0.849. The number of carbonyl (C=O) groups is 2. The van der Waals surface area contributed by atoms with Crippen LogP contribution in [0.25, 0.3) is 0 Å². The maximum Gasteiger partial charge on any atom is 0.253 e. The summed E-state index contributed by atoms with van der Waals surface area (Å²) in [6, 6.07) is 16.4. The van der Waals surface area contributed by atoms with E-state index in [9.17, 15) is 9.59 Å². The molecule has 0 spiro atoms. The standard InChI is InChI=1S/C21H25N3O3.ClH/c1-21(22,17-6-4-3-5-7-17)20(26)24-14-12-23(13-15-24)19(25)16-8-10-18(27-2)11-9-16;/h3-11H,12-15,22H2,1-2H3;1H. The molecule has 1 fully saturated rings. The first-order chi connectivity index (χ1) is 12.9. The first-order valence-corrected chi connectivity index (χ1v) is 9.00. The third kappa shape index (κ3) is 4.46. The third-order valence-corrected chi connectivity index (χ3v) is 5.01. The molecule has 1 aliphatic heterocycles. The van der Waals surface area contributed by atoms with E-state index in [2.05, 4.69) is 0 Å². The van der Waals surface area contributed by atoms with Crippen molar-refractivity contribution in [1.82, 2.24) is 9.80 Å². The van der Waals surface area contributed by atoms with E-state index in [4.69, 9.17) is 10.5 Å². The number of nitrogens with zero attached hydrogens (tertiary/aromatic N) is 2. The van der Waals surface area contributed by atoms with E-state index in [1.54, 1.807) is 48.1 Å². The number of ether oxygens (including phenoxy) is 1. The lowest BCUT2D eigenvalue weighted by Crippen LogP contribution is -2.57. The van der Waals surface area contributed by atoms with Gasteiger partial charge < -0.3 is 20.3 Å². The highest BCUT2D eigenvalue weighted by molar-refractivity contribution is 5.94. The Morgan fingerprint density at radius 1 is 0.929 bits per heavy atom. The molecule has 0 saturated carbocycles. The summed E-state index contributed by atoms with van der Waals surface area (Å²) < 4.78 is 5.12. The van der Waals surface area contributed by atoms with Crippen molar-refractivity contribution in [2.24, 2.45) is 5.73 Å². The molecule has 1 heterocycles. The number of benzene rings is 2. The van der Waals surface area contributed by atoms with E-state index in [0.717, 1.165) is 5.56 Å². The minimum atomic E-state index is -1.08. The maximum atomic E-state index is 12.9. The summed E-state index contributed by atoms with van der Waals surface area (Å²) in [7, 11) is 1.59. The summed E-state index contributed by atoms with van der Waals surface area (Å²) in [5.41, 5.74) is 6.66. The van der Waals surface area contributed by atoms with Gasteiger partial charge in [0.05, 0.1) is 7.11 Å². The predicted octanol–water partition coefficient (Wildman–Crippen LogP) is 2.28. The number of piperazine rings is 1. The van der Waals surface area contributed by atoms with Gasteiger partial charge in [-0.15, -0.1) is 12.4 Å². The summed E-state index contributed by atoms with van der Waals surface area (Å²) in [5, 5.41) is 0. The lowest BCUT2D eigenvalue weighted by atomic mass is 9.91. The van der Waals surface area contributed by atoms with Gasteiger partial charge >= 0.3 is 0 Å². The summed E-state index contributed by atoms with van der Waals surface area (Å²) in [4.78, 5) is 29.1. The number of methoxy groups -OCH3 is 1. The lowest BCUT2D eigenvalue weighted by Gasteiger charge is -2.38. The van der Waals surface area contributed by atoms with Crippen molar-refractivity contribution in [2.45, 2.75) is 12.5 Å². The number of halogens is 1. The van der Waals surface area contributed by atoms with E-state index in [0.29, 0.717) is 37.5 Å². The maximum absolute atomic E-state index is 12.9. The molecule has 2 amide bonds. The van der Waals surface area contributed by atoms with Gasteiger partial charge in [-0.2, -0.15) is 0 Å². The average Bonchev–Trinajstić information content (AvgIpc) is 2.73. The Kier molecular flexibility index (Phi) is 7.05. The lowest BCUT2D eigenvalue weighted by molar-refractivity contribution is -0.138. The van der Waals surface area contributed by atoms with Crippen LogP contribution >= 0.6 is 12.4 Å². The van der Waals surface area contributed by atoms with Gasteiger partial charge in [0.15, 0.2) is 0 Å². The summed E-state index contributed by atoms with van der Waals surface area (Å²) in [6.07, 6.45) is 0. The molecule has 0 bridgehead atoms. The van der Waals surface area contributed by atoms with E-state index < -0.39 is 5.54 Å². The Morgan fingerprint density at radius 3 is 2.00 bits per heavy atom. The number of carbonyl (C=O) groups excluding carboxylic acids is 2. The minimum absolute atomic E-state index is 0.